The predicted molar refractivity (Wildman–Crippen MR) is 47.9 cm³/mol. The number of nitrogens with two attached hydrogens (primary N) is 1. The highest BCUT2D eigenvalue weighted by molar-refractivity contribution is 5.94. The summed E-state index contributed by atoms with van der Waals surface area (Å²) in [6, 6.07) is -0.318. The van der Waals surface area contributed by atoms with Gasteiger partial charge >= 0.3 is 6.03 Å². The van der Waals surface area contributed by atoms with Crippen LogP contribution in [0.25, 0.3) is 0 Å². The molecule has 0 bridgehead atoms. The van der Waals surface area contributed by atoms with Crippen LogP contribution in [0.15, 0.2) is 0 Å². The van der Waals surface area contributed by atoms with E-state index in [2.05, 4.69) is 17.6 Å². The summed E-state index contributed by atoms with van der Waals surface area (Å²) >= 11 is 0. The lowest BCUT2D eigenvalue weighted by atomic mass is 9.95. The summed E-state index contributed by atoms with van der Waals surface area (Å²) in [5, 5.41) is 5.26. The molecule has 0 radical (unpaired) electrons. The van der Waals surface area contributed by atoms with Crippen LogP contribution in [-0.4, -0.2) is 24.5 Å². The van der Waals surface area contributed by atoms with Crippen LogP contribution in [0.1, 0.15) is 19.8 Å². The molecule has 1 fully saturated rings. The molecular formula is C8H15N3O2. The molecule has 2 atom stereocenters. The lowest BCUT2D eigenvalue weighted by Gasteiger charge is -2.26. The largest absolute Gasteiger partial charge is 0.351 e. The van der Waals surface area contributed by atoms with E-state index in [1.54, 1.807) is 0 Å². The van der Waals surface area contributed by atoms with Gasteiger partial charge in [-0.25, -0.2) is 4.79 Å². The topological polar surface area (TPSA) is 84.2 Å². The second-order valence-corrected chi connectivity index (χ2v) is 3.44. The van der Waals surface area contributed by atoms with E-state index in [1.165, 1.54) is 0 Å². The Labute approximate surface area is 77.1 Å². The van der Waals surface area contributed by atoms with Gasteiger partial charge in [-0.05, 0) is 19.8 Å². The number of urea groups is 1. The van der Waals surface area contributed by atoms with E-state index in [4.69, 9.17) is 5.73 Å². The molecule has 1 heterocycles. The van der Waals surface area contributed by atoms with Gasteiger partial charge in [0.2, 0.25) is 5.91 Å². The van der Waals surface area contributed by atoms with Gasteiger partial charge in [0.15, 0.2) is 0 Å². The number of hydrogen-bond acceptors (Lipinski definition) is 3. The number of imide groups is 1. The van der Waals surface area contributed by atoms with Gasteiger partial charge in [-0.1, -0.05) is 0 Å². The monoisotopic (exact) mass is 185 g/mol. The van der Waals surface area contributed by atoms with Crippen molar-refractivity contribution < 1.29 is 9.59 Å². The van der Waals surface area contributed by atoms with Crippen LogP contribution < -0.4 is 16.4 Å². The first-order chi connectivity index (χ1) is 6.09. The fourth-order valence-corrected chi connectivity index (χ4v) is 1.45. The van der Waals surface area contributed by atoms with Crippen molar-refractivity contribution in [1.82, 2.24) is 10.6 Å². The second-order valence-electron chi connectivity index (χ2n) is 3.44. The van der Waals surface area contributed by atoms with Crippen molar-refractivity contribution in [2.24, 2.45) is 11.7 Å². The Hall–Kier alpha value is -1.10. The van der Waals surface area contributed by atoms with E-state index >= 15 is 0 Å². The first-order valence-corrected chi connectivity index (χ1v) is 4.43. The van der Waals surface area contributed by atoms with Crippen LogP contribution in [0.2, 0.25) is 0 Å². The Kier molecular flexibility index (Phi) is 3.25. The van der Waals surface area contributed by atoms with Crippen LogP contribution in [-0.2, 0) is 4.79 Å². The maximum Gasteiger partial charge on any atom is 0.318 e. The van der Waals surface area contributed by atoms with Gasteiger partial charge < -0.3 is 11.1 Å². The van der Waals surface area contributed by atoms with E-state index in [0.717, 1.165) is 12.8 Å². The minimum absolute atomic E-state index is 0.122. The van der Waals surface area contributed by atoms with Crippen LogP contribution >= 0.6 is 0 Å². The average molecular weight is 185 g/mol. The van der Waals surface area contributed by atoms with E-state index < -0.39 is 6.03 Å². The highest BCUT2D eigenvalue weighted by Gasteiger charge is 2.24. The van der Waals surface area contributed by atoms with Gasteiger partial charge in [0, 0.05) is 12.6 Å². The Morgan fingerprint density at radius 1 is 1.46 bits per heavy atom. The molecule has 0 aromatic rings. The van der Waals surface area contributed by atoms with Crippen LogP contribution in [0.5, 0.6) is 0 Å². The number of piperidine rings is 1. The SMILES string of the molecule is CC1CCC(C(=O)NC(N)=O)CN1. The molecule has 74 valence electrons. The van der Waals surface area contributed by atoms with Crippen molar-refractivity contribution in [1.29, 1.82) is 0 Å². The number of nitrogens with one attached hydrogen (secondary N) is 2. The molecule has 0 aromatic heterocycles. The first-order valence-electron chi connectivity index (χ1n) is 4.43. The fraction of sp³-hybridized carbons (Fsp3) is 0.750. The summed E-state index contributed by atoms with van der Waals surface area (Å²) in [5.74, 6) is -0.393. The zero-order valence-electron chi connectivity index (χ0n) is 7.67. The highest BCUT2D eigenvalue weighted by Crippen LogP contribution is 2.13. The summed E-state index contributed by atoms with van der Waals surface area (Å²) in [4.78, 5) is 21.6. The Morgan fingerprint density at radius 2 is 2.15 bits per heavy atom. The van der Waals surface area contributed by atoms with E-state index in [0.29, 0.717) is 12.6 Å². The quantitative estimate of drug-likeness (QED) is 0.518. The number of carbonyl (C=O) groups excluding carboxylic acids is 2. The fourth-order valence-electron chi connectivity index (χ4n) is 1.45. The zero-order chi connectivity index (χ0) is 9.84. The molecule has 3 amide bonds. The molecule has 1 aliphatic heterocycles. The smallest absolute Gasteiger partial charge is 0.318 e. The molecule has 0 saturated carbocycles. The van der Waals surface area contributed by atoms with E-state index in [1.807, 2.05) is 0 Å². The van der Waals surface area contributed by atoms with Crippen molar-refractivity contribution in [2.45, 2.75) is 25.8 Å². The predicted octanol–water partition coefficient (Wildman–Crippen LogP) is -0.431. The summed E-state index contributed by atoms with van der Waals surface area (Å²) in [7, 11) is 0. The van der Waals surface area contributed by atoms with Gasteiger partial charge in [0.1, 0.15) is 0 Å². The first kappa shape index (κ1) is 9.98. The molecule has 1 rings (SSSR count). The third-order valence-corrected chi connectivity index (χ3v) is 2.28. The summed E-state index contributed by atoms with van der Waals surface area (Å²) in [6.45, 7) is 2.70. The molecule has 5 nitrogen and oxygen atoms in total. The van der Waals surface area contributed by atoms with Crippen molar-refractivity contribution >= 4 is 11.9 Å². The Bertz CT molecular complexity index is 209. The van der Waals surface area contributed by atoms with Crippen LogP contribution in [0, 0.1) is 5.92 Å². The summed E-state index contributed by atoms with van der Waals surface area (Å²) in [5.41, 5.74) is 4.84. The lowest BCUT2D eigenvalue weighted by molar-refractivity contribution is -0.124. The van der Waals surface area contributed by atoms with Crippen molar-refractivity contribution in [3.63, 3.8) is 0 Å². The molecular weight excluding hydrogens is 170 g/mol. The molecule has 2 unspecified atom stereocenters. The molecule has 0 spiro atoms. The molecule has 0 aliphatic carbocycles. The van der Waals surface area contributed by atoms with Crippen molar-refractivity contribution in [2.75, 3.05) is 6.54 Å². The number of rotatable bonds is 1. The zero-order valence-corrected chi connectivity index (χ0v) is 7.67. The normalized spacial score (nSPS) is 28.1. The van der Waals surface area contributed by atoms with Crippen molar-refractivity contribution in [3.05, 3.63) is 0 Å². The van der Waals surface area contributed by atoms with Crippen molar-refractivity contribution in [3.8, 4) is 0 Å². The minimum Gasteiger partial charge on any atom is -0.351 e. The molecule has 0 aromatic carbocycles. The molecule has 5 heteroatoms. The summed E-state index contributed by atoms with van der Waals surface area (Å²) in [6.07, 6.45) is 1.77. The minimum atomic E-state index is -0.774. The van der Waals surface area contributed by atoms with Crippen LogP contribution in [0.3, 0.4) is 0 Å². The Balaban J connectivity index is 2.36. The standard InChI is InChI=1S/C8H15N3O2/c1-5-2-3-6(4-10-5)7(12)11-8(9)13/h5-6,10H,2-4H2,1H3,(H3,9,11,12,13). The molecule has 1 aliphatic rings. The Morgan fingerprint density at radius 3 is 2.62 bits per heavy atom. The van der Waals surface area contributed by atoms with E-state index in [9.17, 15) is 9.59 Å². The van der Waals surface area contributed by atoms with Crippen LogP contribution in [0.4, 0.5) is 4.79 Å². The highest BCUT2D eigenvalue weighted by atomic mass is 16.2. The molecule has 4 N–H and O–H groups in total. The average Bonchev–Trinajstić information content (AvgIpc) is 2.04. The molecule has 13 heavy (non-hydrogen) atoms. The number of carbonyl (C=O) groups is 2. The maximum absolute atomic E-state index is 11.3. The van der Waals surface area contributed by atoms with Gasteiger partial charge in [-0.3, -0.25) is 10.1 Å². The van der Waals surface area contributed by atoms with Gasteiger partial charge in [0.05, 0.1) is 5.92 Å². The second kappa shape index (κ2) is 4.23. The number of primary amides is 1. The number of hydrogen-bond donors (Lipinski definition) is 3. The summed E-state index contributed by atoms with van der Waals surface area (Å²) < 4.78 is 0. The van der Waals surface area contributed by atoms with Gasteiger partial charge in [0.25, 0.3) is 0 Å². The lowest BCUT2D eigenvalue weighted by Crippen LogP contribution is -2.46. The van der Waals surface area contributed by atoms with Gasteiger partial charge in [-0.15, -0.1) is 0 Å². The van der Waals surface area contributed by atoms with Gasteiger partial charge in [-0.2, -0.15) is 0 Å². The van der Waals surface area contributed by atoms with E-state index in [-0.39, 0.29) is 11.8 Å². The number of amides is 3. The third-order valence-electron chi connectivity index (χ3n) is 2.28. The maximum atomic E-state index is 11.3. The third kappa shape index (κ3) is 3.02. The molecule has 1 saturated heterocycles.